The van der Waals surface area contributed by atoms with E-state index >= 15 is 0 Å². The van der Waals surface area contributed by atoms with Gasteiger partial charge in [0.25, 0.3) is 0 Å². The van der Waals surface area contributed by atoms with E-state index in [4.69, 9.17) is 4.74 Å². The molecule has 0 amide bonds. The molecule has 0 atom stereocenters. The first-order valence-corrected chi connectivity index (χ1v) is 6.15. The van der Waals surface area contributed by atoms with Crippen molar-refractivity contribution in [2.75, 3.05) is 7.11 Å². The van der Waals surface area contributed by atoms with Crippen LogP contribution in [0.2, 0.25) is 0 Å². The average Bonchev–Trinajstić information content (AvgIpc) is 2.39. The zero-order chi connectivity index (χ0) is 12.1. The third-order valence-corrected chi connectivity index (χ3v) is 2.98. The van der Waals surface area contributed by atoms with E-state index in [1.165, 1.54) is 5.56 Å². The molecular weight excluding hydrogens is 276 g/mol. The maximum atomic E-state index is 5.12. The molecule has 0 N–H and O–H groups in total. The SMILES string of the molecule is COc1ccc(/C=C\c2ccc(Br)cc2)cc1. The summed E-state index contributed by atoms with van der Waals surface area (Å²) in [6, 6.07) is 16.2. The quantitative estimate of drug-likeness (QED) is 0.749. The lowest BCUT2D eigenvalue weighted by Gasteiger charge is -1.99. The van der Waals surface area contributed by atoms with Gasteiger partial charge in [-0.25, -0.2) is 0 Å². The van der Waals surface area contributed by atoms with Crippen molar-refractivity contribution in [3.8, 4) is 5.75 Å². The Morgan fingerprint density at radius 1 is 0.824 bits per heavy atom. The Labute approximate surface area is 110 Å². The van der Waals surface area contributed by atoms with Gasteiger partial charge in [-0.05, 0) is 35.4 Å². The molecule has 0 saturated carbocycles. The zero-order valence-electron chi connectivity index (χ0n) is 9.56. The Morgan fingerprint density at radius 2 is 1.29 bits per heavy atom. The summed E-state index contributed by atoms with van der Waals surface area (Å²) in [6.07, 6.45) is 4.18. The lowest BCUT2D eigenvalue weighted by Crippen LogP contribution is -1.81. The van der Waals surface area contributed by atoms with Crippen molar-refractivity contribution in [3.63, 3.8) is 0 Å². The second-order valence-corrected chi connectivity index (χ2v) is 4.57. The van der Waals surface area contributed by atoms with Gasteiger partial charge in [0.05, 0.1) is 7.11 Å². The Kier molecular flexibility index (Phi) is 3.99. The summed E-state index contributed by atoms with van der Waals surface area (Å²) in [5.41, 5.74) is 2.35. The van der Waals surface area contributed by atoms with Gasteiger partial charge in [-0.15, -0.1) is 0 Å². The maximum Gasteiger partial charge on any atom is 0.118 e. The molecule has 0 saturated heterocycles. The Hall–Kier alpha value is -1.54. The van der Waals surface area contributed by atoms with Crippen molar-refractivity contribution in [2.45, 2.75) is 0 Å². The Morgan fingerprint density at radius 3 is 1.76 bits per heavy atom. The number of benzene rings is 2. The normalized spacial score (nSPS) is 10.7. The fourth-order valence-electron chi connectivity index (χ4n) is 1.48. The summed E-state index contributed by atoms with van der Waals surface area (Å²) < 4.78 is 6.21. The van der Waals surface area contributed by atoms with Crippen LogP contribution in [0.3, 0.4) is 0 Å². The smallest absolute Gasteiger partial charge is 0.118 e. The molecule has 2 aromatic rings. The highest BCUT2D eigenvalue weighted by atomic mass is 79.9. The summed E-state index contributed by atoms with van der Waals surface area (Å²) in [4.78, 5) is 0. The molecule has 2 aromatic carbocycles. The highest BCUT2D eigenvalue weighted by Crippen LogP contribution is 2.15. The molecule has 86 valence electrons. The van der Waals surface area contributed by atoms with Crippen molar-refractivity contribution in [1.82, 2.24) is 0 Å². The van der Waals surface area contributed by atoms with Gasteiger partial charge >= 0.3 is 0 Å². The van der Waals surface area contributed by atoms with Crippen molar-refractivity contribution in [2.24, 2.45) is 0 Å². The highest BCUT2D eigenvalue weighted by Gasteiger charge is 1.91. The largest absolute Gasteiger partial charge is 0.497 e. The molecule has 0 aliphatic carbocycles. The molecule has 0 aliphatic heterocycles. The molecule has 1 nitrogen and oxygen atoms in total. The molecule has 0 spiro atoms. The molecule has 0 bridgehead atoms. The number of hydrogen-bond acceptors (Lipinski definition) is 1. The number of methoxy groups -OCH3 is 1. The molecule has 0 aliphatic rings. The van der Waals surface area contributed by atoms with Crippen LogP contribution in [0.25, 0.3) is 12.2 Å². The van der Waals surface area contributed by atoms with Crippen LogP contribution in [-0.4, -0.2) is 7.11 Å². The van der Waals surface area contributed by atoms with Crippen LogP contribution in [0.15, 0.2) is 53.0 Å². The molecule has 17 heavy (non-hydrogen) atoms. The van der Waals surface area contributed by atoms with E-state index in [1.807, 2.05) is 36.4 Å². The van der Waals surface area contributed by atoms with Crippen LogP contribution in [0.5, 0.6) is 5.75 Å². The third-order valence-electron chi connectivity index (χ3n) is 2.45. The van der Waals surface area contributed by atoms with Crippen molar-refractivity contribution in [3.05, 3.63) is 64.1 Å². The first kappa shape index (κ1) is 11.9. The molecular formula is C15H13BrO. The summed E-state index contributed by atoms with van der Waals surface area (Å²) >= 11 is 3.42. The van der Waals surface area contributed by atoms with Crippen LogP contribution in [-0.2, 0) is 0 Å². The number of rotatable bonds is 3. The van der Waals surface area contributed by atoms with Gasteiger partial charge in [0.15, 0.2) is 0 Å². The van der Waals surface area contributed by atoms with E-state index < -0.39 is 0 Å². The molecule has 0 heterocycles. The van der Waals surface area contributed by atoms with Crippen LogP contribution in [0.1, 0.15) is 11.1 Å². The minimum Gasteiger partial charge on any atom is -0.497 e. The number of ether oxygens (including phenoxy) is 1. The van der Waals surface area contributed by atoms with E-state index in [-0.39, 0.29) is 0 Å². The van der Waals surface area contributed by atoms with Gasteiger partial charge in [0, 0.05) is 4.47 Å². The summed E-state index contributed by atoms with van der Waals surface area (Å²) in [7, 11) is 1.67. The third kappa shape index (κ3) is 3.46. The van der Waals surface area contributed by atoms with Gasteiger partial charge in [-0.2, -0.15) is 0 Å². The molecule has 2 rings (SSSR count). The standard InChI is InChI=1S/C15H13BrO/c1-17-15-10-6-13(7-11-15)3-2-12-4-8-14(16)9-5-12/h2-11H,1H3/b3-2-. The second-order valence-electron chi connectivity index (χ2n) is 3.66. The monoisotopic (exact) mass is 288 g/mol. The Bertz CT molecular complexity index is 497. The van der Waals surface area contributed by atoms with E-state index in [0.29, 0.717) is 0 Å². The van der Waals surface area contributed by atoms with Crippen molar-refractivity contribution < 1.29 is 4.74 Å². The fourth-order valence-corrected chi connectivity index (χ4v) is 1.75. The predicted molar refractivity (Wildman–Crippen MR) is 76.1 cm³/mol. The second kappa shape index (κ2) is 5.69. The van der Waals surface area contributed by atoms with Crippen LogP contribution < -0.4 is 4.74 Å². The van der Waals surface area contributed by atoms with Gasteiger partial charge in [0.1, 0.15) is 5.75 Å². The maximum absolute atomic E-state index is 5.12. The van der Waals surface area contributed by atoms with Gasteiger partial charge in [0.2, 0.25) is 0 Å². The molecule has 0 unspecified atom stereocenters. The number of halogens is 1. The van der Waals surface area contributed by atoms with Crippen LogP contribution in [0, 0.1) is 0 Å². The van der Waals surface area contributed by atoms with Crippen molar-refractivity contribution in [1.29, 1.82) is 0 Å². The average molecular weight is 289 g/mol. The first-order valence-electron chi connectivity index (χ1n) is 5.35. The molecule has 0 fully saturated rings. The van der Waals surface area contributed by atoms with Gasteiger partial charge in [-0.3, -0.25) is 0 Å². The highest BCUT2D eigenvalue weighted by molar-refractivity contribution is 9.10. The van der Waals surface area contributed by atoms with Gasteiger partial charge in [-0.1, -0.05) is 52.3 Å². The summed E-state index contributed by atoms with van der Waals surface area (Å²) in [6.45, 7) is 0. The van der Waals surface area contributed by atoms with E-state index in [2.05, 4.69) is 40.2 Å². The minimum absolute atomic E-state index is 0.880. The number of hydrogen-bond donors (Lipinski definition) is 0. The minimum atomic E-state index is 0.880. The lowest BCUT2D eigenvalue weighted by molar-refractivity contribution is 0.415. The van der Waals surface area contributed by atoms with Crippen LogP contribution in [0.4, 0.5) is 0 Å². The molecule has 0 aromatic heterocycles. The van der Waals surface area contributed by atoms with Crippen molar-refractivity contribution >= 4 is 28.1 Å². The lowest BCUT2D eigenvalue weighted by atomic mass is 10.1. The predicted octanol–water partition coefficient (Wildman–Crippen LogP) is 4.63. The van der Waals surface area contributed by atoms with E-state index in [9.17, 15) is 0 Å². The first-order chi connectivity index (χ1) is 8.28. The van der Waals surface area contributed by atoms with E-state index in [1.54, 1.807) is 7.11 Å². The summed E-state index contributed by atoms with van der Waals surface area (Å²) in [5.74, 6) is 0.880. The molecule has 2 heteroatoms. The topological polar surface area (TPSA) is 9.23 Å². The van der Waals surface area contributed by atoms with Crippen LogP contribution >= 0.6 is 15.9 Å². The summed E-state index contributed by atoms with van der Waals surface area (Å²) in [5, 5.41) is 0. The fraction of sp³-hybridized carbons (Fsp3) is 0.0667. The Balaban J connectivity index is 2.11. The molecule has 0 radical (unpaired) electrons. The van der Waals surface area contributed by atoms with E-state index in [0.717, 1.165) is 15.8 Å². The zero-order valence-corrected chi connectivity index (χ0v) is 11.1. The van der Waals surface area contributed by atoms with Gasteiger partial charge < -0.3 is 4.74 Å².